The Labute approximate surface area is 102 Å². The average molecular weight is 237 g/mol. The average Bonchev–Trinajstić information content (AvgIpc) is 2.36. The fraction of sp³-hybridized carbons (Fsp3) is 0.538. The van der Waals surface area contributed by atoms with E-state index in [9.17, 15) is 0 Å². The third-order valence-corrected chi connectivity index (χ3v) is 3.30. The molecule has 1 aromatic carbocycles. The van der Waals surface area contributed by atoms with E-state index in [4.69, 9.17) is 14.2 Å². The molecule has 1 heterocycles. The van der Waals surface area contributed by atoms with E-state index in [1.165, 1.54) is 0 Å². The van der Waals surface area contributed by atoms with Gasteiger partial charge in [-0.25, -0.2) is 0 Å². The predicted octanol–water partition coefficient (Wildman–Crippen LogP) is 1.99. The second kappa shape index (κ2) is 4.84. The summed E-state index contributed by atoms with van der Waals surface area (Å²) in [5.74, 6) is 2.89. The number of ether oxygens (including phenoxy) is 3. The van der Waals surface area contributed by atoms with Crippen molar-refractivity contribution >= 4 is 0 Å². The molecule has 4 nitrogen and oxygen atoms in total. The maximum absolute atomic E-state index is 5.42. The van der Waals surface area contributed by atoms with Crippen molar-refractivity contribution in [1.82, 2.24) is 5.32 Å². The van der Waals surface area contributed by atoms with E-state index in [2.05, 4.69) is 12.2 Å². The molecule has 0 saturated carbocycles. The van der Waals surface area contributed by atoms with Crippen LogP contribution >= 0.6 is 0 Å². The van der Waals surface area contributed by atoms with Crippen molar-refractivity contribution in [3.63, 3.8) is 0 Å². The van der Waals surface area contributed by atoms with Crippen LogP contribution in [0.1, 0.15) is 18.5 Å². The maximum Gasteiger partial charge on any atom is 0.164 e. The normalized spacial score (nSPS) is 22.8. The quantitative estimate of drug-likeness (QED) is 0.869. The monoisotopic (exact) mass is 237 g/mol. The Balaban J connectivity index is 2.42. The molecule has 94 valence electrons. The molecule has 1 N–H and O–H groups in total. The fourth-order valence-electron chi connectivity index (χ4n) is 2.18. The molecule has 2 atom stereocenters. The number of methoxy groups -OCH3 is 3. The first-order chi connectivity index (χ1) is 8.21. The number of hydrogen-bond donors (Lipinski definition) is 1. The lowest BCUT2D eigenvalue weighted by molar-refractivity contribution is 0.249. The summed E-state index contributed by atoms with van der Waals surface area (Å²) in [7, 11) is 4.95. The summed E-state index contributed by atoms with van der Waals surface area (Å²) < 4.78 is 16.0. The Kier molecular flexibility index (Phi) is 3.43. The van der Waals surface area contributed by atoms with Crippen molar-refractivity contribution < 1.29 is 14.2 Å². The minimum absolute atomic E-state index is 0.338. The molecule has 1 aromatic rings. The Morgan fingerprint density at radius 3 is 2.00 bits per heavy atom. The third-order valence-electron chi connectivity index (χ3n) is 3.30. The van der Waals surface area contributed by atoms with Gasteiger partial charge in [-0.05, 0) is 12.0 Å². The topological polar surface area (TPSA) is 39.7 Å². The summed E-state index contributed by atoms with van der Waals surface area (Å²) in [5, 5.41) is 3.40. The summed E-state index contributed by atoms with van der Waals surface area (Å²) in [4.78, 5) is 0. The molecular weight excluding hydrogens is 218 g/mol. The van der Waals surface area contributed by atoms with Crippen LogP contribution in [0.25, 0.3) is 0 Å². The second-order valence-electron chi connectivity index (χ2n) is 4.31. The molecule has 2 unspecified atom stereocenters. The number of nitrogens with one attached hydrogen (secondary N) is 1. The largest absolute Gasteiger partial charge is 0.496 e. The van der Waals surface area contributed by atoms with E-state index in [0.717, 1.165) is 23.6 Å². The maximum atomic E-state index is 5.42. The van der Waals surface area contributed by atoms with Gasteiger partial charge in [0.2, 0.25) is 0 Å². The summed E-state index contributed by atoms with van der Waals surface area (Å²) >= 11 is 0. The molecule has 0 aliphatic carbocycles. The van der Waals surface area contributed by atoms with Gasteiger partial charge in [0.05, 0.1) is 21.3 Å². The van der Waals surface area contributed by atoms with Crippen molar-refractivity contribution in [2.45, 2.75) is 13.0 Å². The van der Waals surface area contributed by atoms with Crippen molar-refractivity contribution in [2.75, 3.05) is 27.9 Å². The lowest BCUT2D eigenvalue weighted by atomic mass is 9.87. The highest BCUT2D eigenvalue weighted by molar-refractivity contribution is 5.52. The third kappa shape index (κ3) is 2.05. The van der Waals surface area contributed by atoms with Crippen molar-refractivity contribution in [2.24, 2.45) is 5.92 Å². The van der Waals surface area contributed by atoms with Crippen LogP contribution in [-0.4, -0.2) is 27.9 Å². The molecule has 0 aromatic heterocycles. The van der Waals surface area contributed by atoms with Crippen LogP contribution in [0.5, 0.6) is 17.2 Å². The molecule has 0 amide bonds. The summed E-state index contributed by atoms with van der Waals surface area (Å²) in [6, 6.07) is 4.20. The Morgan fingerprint density at radius 1 is 1.00 bits per heavy atom. The molecule has 1 fully saturated rings. The van der Waals surface area contributed by atoms with Gasteiger partial charge in [0.25, 0.3) is 0 Å². The van der Waals surface area contributed by atoms with E-state index < -0.39 is 0 Å². The van der Waals surface area contributed by atoms with Gasteiger partial charge in [0, 0.05) is 24.2 Å². The minimum Gasteiger partial charge on any atom is -0.496 e. The lowest BCUT2D eigenvalue weighted by Gasteiger charge is -2.36. The first-order valence-electron chi connectivity index (χ1n) is 5.74. The van der Waals surface area contributed by atoms with Crippen LogP contribution < -0.4 is 19.5 Å². The number of rotatable bonds is 4. The molecule has 0 spiro atoms. The van der Waals surface area contributed by atoms with Gasteiger partial charge in [-0.15, -0.1) is 0 Å². The highest BCUT2D eigenvalue weighted by Gasteiger charge is 2.31. The van der Waals surface area contributed by atoms with Crippen LogP contribution in [0.2, 0.25) is 0 Å². The highest BCUT2D eigenvalue weighted by atomic mass is 16.5. The molecular formula is C13H19NO3. The molecule has 1 aliphatic rings. The fourth-order valence-corrected chi connectivity index (χ4v) is 2.18. The first kappa shape index (κ1) is 12.0. The van der Waals surface area contributed by atoms with Crippen LogP contribution in [0.4, 0.5) is 0 Å². The van der Waals surface area contributed by atoms with Gasteiger partial charge in [0.15, 0.2) is 11.5 Å². The zero-order valence-corrected chi connectivity index (χ0v) is 10.7. The molecule has 1 saturated heterocycles. The van der Waals surface area contributed by atoms with Crippen LogP contribution in [0.15, 0.2) is 12.1 Å². The van der Waals surface area contributed by atoms with Crippen LogP contribution in [0.3, 0.4) is 0 Å². The molecule has 0 bridgehead atoms. The van der Waals surface area contributed by atoms with Gasteiger partial charge in [-0.2, -0.15) is 0 Å². The van der Waals surface area contributed by atoms with Gasteiger partial charge in [-0.3, -0.25) is 0 Å². The molecule has 2 rings (SSSR count). The van der Waals surface area contributed by atoms with Crippen molar-refractivity contribution in [1.29, 1.82) is 0 Å². The van der Waals surface area contributed by atoms with Crippen molar-refractivity contribution in [3.05, 3.63) is 17.7 Å². The van der Waals surface area contributed by atoms with E-state index in [-0.39, 0.29) is 0 Å². The van der Waals surface area contributed by atoms with Gasteiger partial charge >= 0.3 is 0 Å². The smallest absolute Gasteiger partial charge is 0.164 e. The van der Waals surface area contributed by atoms with Crippen LogP contribution in [-0.2, 0) is 0 Å². The second-order valence-corrected chi connectivity index (χ2v) is 4.31. The Bertz CT molecular complexity index is 406. The first-order valence-corrected chi connectivity index (χ1v) is 5.74. The Morgan fingerprint density at radius 2 is 1.59 bits per heavy atom. The van der Waals surface area contributed by atoms with Gasteiger partial charge in [-0.1, -0.05) is 6.92 Å². The minimum atomic E-state index is 0.338. The van der Waals surface area contributed by atoms with Gasteiger partial charge < -0.3 is 19.5 Å². The standard InChI is InChI=1S/C13H19NO3/c1-8-7-14-13(8)9-5-11(16-3)12(17-4)6-10(9)15-2/h5-6,8,13-14H,7H2,1-4H3. The van der Waals surface area contributed by atoms with E-state index in [1.54, 1.807) is 21.3 Å². The summed E-state index contributed by atoms with van der Waals surface area (Å²) in [5.41, 5.74) is 1.13. The zero-order valence-electron chi connectivity index (χ0n) is 10.7. The van der Waals surface area contributed by atoms with Crippen LogP contribution in [0, 0.1) is 5.92 Å². The molecule has 1 aliphatic heterocycles. The van der Waals surface area contributed by atoms with Gasteiger partial charge in [0.1, 0.15) is 5.75 Å². The number of benzene rings is 1. The SMILES string of the molecule is COc1cc(OC)c(C2NCC2C)cc1OC. The number of hydrogen-bond acceptors (Lipinski definition) is 4. The van der Waals surface area contributed by atoms with Crippen molar-refractivity contribution in [3.8, 4) is 17.2 Å². The zero-order chi connectivity index (χ0) is 12.4. The summed E-state index contributed by atoms with van der Waals surface area (Å²) in [6.07, 6.45) is 0. The molecule has 17 heavy (non-hydrogen) atoms. The van der Waals surface area contributed by atoms with E-state index >= 15 is 0 Å². The highest BCUT2D eigenvalue weighted by Crippen LogP contribution is 2.41. The lowest BCUT2D eigenvalue weighted by Crippen LogP contribution is -2.44. The molecule has 0 radical (unpaired) electrons. The Hall–Kier alpha value is -1.42. The predicted molar refractivity (Wildman–Crippen MR) is 66.0 cm³/mol. The van der Waals surface area contributed by atoms with E-state index in [0.29, 0.717) is 17.7 Å². The van der Waals surface area contributed by atoms with E-state index in [1.807, 2.05) is 12.1 Å². The summed E-state index contributed by atoms with van der Waals surface area (Å²) in [6.45, 7) is 3.26. The molecule has 4 heteroatoms.